The van der Waals surface area contributed by atoms with Gasteiger partial charge >= 0.3 is 0 Å². The van der Waals surface area contributed by atoms with E-state index in [9.17, 15) is 0 Å². The molecule has 2 heterocycles. The summed E-state index contributed by atoms with van der Waals surface area (Å²) in [7, 11) is 0. The fourth-order valence-corrected chi connectivity index (χ4v) is 2.06. The molecular formula is C13H13N3. The fourth-order valence-electron chi connectivity index (χ4n) is 2.06. The second-order valence-corrected chi connectivity index (χ2v) is 4.02. The predicted octanol–water partition coefficient (Wildman–Crippen LogP) is 2.18. The summed E-state index contributed by atoms with van der Waals surface area (Å²) in [6.45, 7) is 3.74. The molecule has 3 heteroatoms. The number of fused-ring (bicyclic) bond motifs is 1. The van der Waals surface area contributed by atoms with Crippen molar-refractivity contribution in [1.29, 1.82) is 0 Å². The van der Waals surface area contributed by atoms with Crippen molar-refractivity contribution in [3.63, 3.8) is 0 Å². The van der Waals surface area contributed by atoms with Gasteiger partial charge in [-0.3, -0.25) is 0 Å². The zero-order chi connectivity index (χ0) is 11.0. The molecule has 0 saturated heterocycles. The highest BCUT2D eigenvalue weighted by Gasteiger charge is 2.23. The lowest BCUT2D eigenvalue weighted by Crippen LogP contribution is -2.25. The Kier molecular flexibility index (Phi) is 2.03. The van der Waals surface area contributed by atoms with Crippen LogP contribution >= 0.6 is 0 Å². The zero-order valence-corrected chi connectivity index (χ0v) is 8.85. The Labute approximate surface area is 94.3 Å². The first-order chi connectivity index (χ1) is 7.86. The van der Waals surface area contributed by atoms with Crippen LogP contribution in [0, 0.1) is 5.92 Å². The van der Waals surface area contributed by atoms with Crippen LogP contribution in [0.1, 0.15) is 11.4 Å². The van der Waals surface area contributed by atoms with E-state index in [1.807, 2.05) is 18.4 Å². The molecule has 0 amide bonds. The molecule has 3 nitrogen and oxygen atoms in total. The van der Waals surface area contributed by atoms with E-state index in [0.29, 0.717) is 12.0 Å². The molecule has 0 bridgehead atoms. The summed E-state index contributed by atoms with van der Waals surface area (Å²) >= 11 is 0. The van der Waals surface area contributed by atoms with Crippen LogP contribution in [0.4, 0.5) is 0 Å². The minimum absolute atomic E-state index is 0.331. The number of H-pyrrole nitrogens is 1. The number of nitrogens with one attached hydrogen (secondary N) is 2. The van der Waals surface area contributed by atoms with E-state index in [-0.39, 0.29) is 0 Å². The molecule has 1 aliphatic carbocycles. The van der Waals surface area contributed by atoms with Crippen LogP contribution < -0.4 is 5.43 Å². The molecule has 0 radical (unpaired) electrons. The number of hydrogen-bond donors (Lipinski definition) is 2. The molecule has 1 aromatic heterocycles. The predicted molar refractivity (Wildman–Crippen MR) is 66.9 cm³/mol. The van der Waals surface area contributed by atoms with E-state index in [2.05, 4.69) is 46.4 Å². The summed E-state index contributed by atoms with van der Waals surface area (Å²) in [5, 5.41) is 4.08. The van der Waals surface area contributed by atoms with Gasteiger partial charge < -0.3 is 10.4 Å². The van der Waals surface area contributed by atoms with Crippen molar-refractivity contribution in [3.8, 4) is 0 Å². The molecule has 16 heavy (non-hydrogen) atoms. The second kappa shape index (κ2) is 3.52. The van der Waals surface area contributed by atoms with Gasteiger partial charge in [-0.05, 0) is 23.8 Å². The Balaban J connectivity index is 1.93. The molecule has 2 N–H and O–H groups in total. The van der Waals surface area contributed by atoms with Gasteiger partial charge in [-0.1, -0.05) is 24.8 Å². The Morgan fingerprint density at radius 3 is 3.12 bits per heavy atom. The molecule has 80 valence electrons. The minimum Gasteiger partial charge on any atom is -0.355 e. The highest BCUT2D eigenvalue weighted by molar-refractivity contribution is 5.80. The Hall–Kier alpha value is -2.03. The van der Waals surface area contributed by atoms with E-state index in [1.165, 1.54) is 5.57 Å². The van der Waals surface area contributed by atoms with Gasteiger partial charge in [0.15, 0.2) is 0 Å². The first-order valence-corrected chi connectivity index (χ1v) is 5.37. The highest BCUT2D eigenvalue weighted by Crippen LogP contribution is 2.25. The first-order valence-electron chi connectivity index (χ1n) is 5.37. The first kappa shape index (κ1) is 9.21. The fraction of sp³-hybridized carbons (Fsp3) is 0.154. The third-order valence-corrected chi connectivity index (χ3v) is 2.98. The van der Waals surface area contributed by atoms with Crippen molar-refractivity contribution in [3.05, 3.63) is 48.3 Å². The number of hydrazone groups is 1. The lowest BCUT2D eigenvalue weighted by molar-refractivity contribution is 0.624. The molecule has 2 atom stereocenters. The van der Waals surface area contributed by atoms with Crippen molar-refractivity contribution in [2.75, 3.05) is 0 Å². The average molecular weight is 211 g/mol. The molecule has 2 unspecified atom stereocenters. The van der Waals surface area contributed by atoms with Gasteiger partial charge in [0.25, 0.3) is 0 Å². The van der Waals surface area contributed by atoms with Crippen LogP contribution in [0.2, 0.25) is 0 Å². The molecule has 1 aromatic rings. The molecule has 0 saturated carbocycles. The number of hydrogen-bond acceptors (Lipinski definition) is 2. The maximum Gasteiger partial charge on any atom is 0.0736 e. The molecule has 0 fully saturated rings. The molecule has 0 spiro atoms. The number of allylic oxidation sites excluding steroid dienone is 2. The summed E-state index contributed by atoms with van der Waals surface area (Å²) in [6.07, 6.45) is 10.3. The smallest absolute Gasteiger partial charge is 0.0736 e. The lowest BCUT2D eigenvalue weighted by atomic mass is 9.92. The van der Waals surface area contributed by atoms with E-state index in [1.54, 1.807) is 0 Å². The van der Waals surface area contributed by atoms with Crippen molar-refractivity contribution < 1.29 is 0 Å². The van der Waals surface area contributed by atoms with Crippen molar-refractivity contribution >= 4 is 17.9 Å². The Morgan fingerprint density at radius 2 is 2.31 bits per heavy atom. The van der Waals surface area contributed by atoms with Gasteiger partial charge in [0.05, 0.1) is 6.04 Å². The summed E-state index contributed by atoms with van der Waals surface area (Å²) in [4.78, 5) is 3.31. The Bertz CT molecular complexity index is 505. The van der Waals surface area contributed by atoms with Gasteiger partial charge in [-0.25, -0.2) is 0 Å². The monoisotopic (exact) mass is 211 g/mol. The van der Waals surface area contributed by atoms with E-state index in [4.69, 9.17) is 0 Å². The van der Waals surface area contributed by atoms with Crippen LogP contribution in [0.15, 0.2) is 42.0 Å². The van der Waals surface area contributed by atoms with Crippen molar-refractivity contribution in [2.24, 2.45) is 11.0 Å². The number of rotatable bonds is 2. The molecule has 2 aliphatic rings. The third kappa shape index (κ3) is 1.41. The standard InChI is InChI=1S/C13H13N3/c1-2-11-4-6-12(15-11)9-3-5-13-10(7-9)8-14-16-13/h2-8,10,13,15-16H,1H2. The normalized spacial score (nSPS) is 26.1. The molecule has 0 aromatic carbocycles. The second-order valence-electron chi connectivity index (χ2n) is 4.02. The molecular weight excluding hydrogens is 198 g/mol. The quantitative estimate of drug-likeness (QED) is 0.773. The van der Waals surface area contributed by atoms with E-state index in [0.717, 1.165) is 11.4 Å². The minimum atomic E-state index is 0.331. The van der Waals surface area contributed by atoms with Crippen LogP contribution in [0.25, 0.3) is 11.6 Å². The van der Waals surface area contributed by atoms with Gasteiger partial charge in [-0.15, -0.1) is 0 Å². The number of nitrogens with zero attached hydrogens (tertiary/aromatic N) is 1. The number of aromatic amines is 1. The van der Waals surface area contributed by atoms with Gasteiger partial charge in [0, 0.05) is 23.5 Å². The van der Waals surface area contributed by atoms with E-state index >= 15 is 0 Å². The van der Waals surface area contributed by atoms with Gasteiger partial charge in [0.2, 0.25) is 0 Å². The largest absolute Gasteiger partial charge is 0.355 e. The van der Waals surface area contributed by atoms with Crippen LogP contribution in [-0.4, -0.2) is 17.2 Å². The SMILES string of the molecule is C=Cc1ccc(C2=CC3C=NNC3C=C2)[nH]1. The van der Waals surface area contributed by atoms with Gasteiger partial charge in [0.1, 0.15) is 0 Å². The molecule has 1 aliphatic heterocycles. The maximum absolute atomic E-state index is 4.08. The summed E-state index contributed by atoms with van der Waals surface area (Å²) in [5.41, 5.74) is 6.45. The Morgan fingerprint density at radius 1 is 1.38 bits per heavy atom. The highest BCUT2D eigenvalue weighted by atomic mass is 15.3. The number of aromatic nitrogens is 1. The topological polar surface area (TPSA) is 40.2 Å². The summed E-state index contributed by atoms with van der Waals surface area (Å²) in [6, 6.07) is 4.44. The van der Waals surface area contributed by atoms with E-state index < -0.39 is 0 Å². The molecule has 3 rings (SSSR count). The van der Waals surface area contributed by atoms with Crippen molar-refractivity contribution in [2.45, 2.75) is 6.04 Å². The van der Waals surface area contributed by atoms with Crippen molar-refractivity contribution in [1.82, 2.24) is 10.4 Å². The third-order valence-electron chi connectivity index (χ3n) is 2.98. The lowest BCUT2D eigenvalue weighted by Gasteiger charge is -2.16. The maximum atomic E-state index is 4.08. The summed E-state index contributed by atoms with van der Waals surface area (Å²) in [5.74, 6) is 0.371. The van der Waals surface area contributed by atoms with Gasteiger partial charge in [-0.2, -0.15) is 5.10 Å². The van der Waals surface area contributed by atoms with Crippen LogP contribution in [0.3, 0.4) is 0 Å². The van der Waals surface area contributed by atoms with Crippen LogP contribution in [-0.2, 0) is 0 Å². The summed E-state index contributed by atoms with van der Waals surface area (Å²) < 4.78 is 0. The zero-order valence-electron chi connectivity index (χ0n) is 8.85. The average Bonchev–Trinajstić information content (AvgIpc) is 2.96. The van der Waals surface area contributed by atoms with Crippen LogP contribution in [0.5, 0.6) is 0 Å².